The average Bonchev–Trinajstić information content (AvgIpc) is 2.96. The van der Waals surface area contributed by atoms with Gasteiger partial charge < -0.3 is 10.0 Å². The number of likely N-dealkylation sites (N-methyl/N-ethyl adjacent to an activating group) is 1. The molecule has 136 valence electrons. The number of hydrogen-bond donors (Lipinski definition) is 2. The molecule has 0 spiro atoms. The monoisotopic (exact) mass is 404 g/mol. The van der Waals surface area contributed by atoms with Crippen LogP contribution in [0.15, 0.2) is 23.1 Å². The van der Waals surface area contributed by atoms with E-state index in [9.17, 15) is 13.2 Å². The first-order valence-electron chi connectivity index (χ1n) is 7.33. The molecule has 0 bridgehead atoms. The summed E-state index contributed by atoms with van der Waals surface area (Å²) in [5.74, 6) is 0.380. The van der Waals surface area contributed by atoms with E-state index in [1.165, 1.54) is 11.0 Å². The van der Waals surface area contributed by atoms with Crippen LogP contribution in [0.5, 0.6) is 0 Å². The number of carbonyl (C=O) groups is 1. The average molecular weight is 405 g/mol. The van der Waals surface area contributed by atoms with Crippen molar-refractivity contribution in [2.45, 2.75) is 25.2 Å². The molecule has 0 aliphatic rings. The molecule has 0 fully saturated rings. The normalized spacial score (nSPS) is 11.3. The summed E-state index contributed by atoms with van der Waals surface area (Å²) in [6.07, 6.45) is -0.718. The predicted octanol–water partition coefficient (Wildman–Crippen LogP) is 2.84. The number of rotatable bonds is 7. The van der Waals surface area contributed by atoms with Crippen molar-refractivity contribution >= 4 is 44.4 Å². The Morgan fingerprint density at radius 1 is 1.44 bits per heavy atom. The van der Waals surface area contributed by atoms with Gasteiger partial charge in [0.15, 0.2) is 0 Å². The highest BCUT2D eigenvalue weighted by atomic mass is 35.5. The summed E-state index contributed by atoms with van der Waals surface area (Å²) in [5, 5.41) is 9.44. The van der Waals surface area contributed by atoms with Gasteiger partial charge in [-0.15, -0.1) is 0 Å². The van der Waals surface area contributed by atoms with Gasteiger partial charge >= 0.3 is 6.09 Å². The van der Waals surface area contributed by atoms with E-state index in [1.54, 1.807) is 26.0 Å². The Morgan fingerprint density at radius 2 is 2.16 bits per heavy atom. The second kappa shape index (κ2) is 7.98. The maximum Gasteiger partial charge on any atom is 0.407 e. The van der Waals surface area contributed by atoms with Crippen LogP contribution < -0.4 is 4.72 Å². The minimum atomic E-state index is -3.83. The summed E-state index contributed by atoms with van der Waals surface area (Å²) < 4.78 is 31.4. The number of benzene rings is 1. The van der Waals surface area contributed by atoms with Crippen LogP contribution in [-0.2, 0) is 16.4 Å². The van der Waals surface area contributed by atoms with Crippen LogP contribution in [0.3, 0.4) is 0 Å². The number of halogens is 1. The standard InChI is InChI=1S/C14H17ClN4O4S2/c1-3-19(14(20)21)8-7-12-16-13(24-17-12)18-25(22,23)11-6-4-5-10(15)9(11)2/h4-6H,3,7-8H2,1-2H3,(H,20,21)(H,16,17,18). The van der Waals surface area contributed by atoms with Crippen molar-refractivity contribution in [1.29, 1.82) is 0 Å². The number of sulfonamides is 1. The third-order valence-corrected chi connectivity index (χ3v) is 6.15. The Morgan fingerprint density at radius 3 is 2.80 bits per heavy atom. The Kier molecular flexibility index (Phi) is 6.20. The van der Waals surface area contributed by atoms with Gasteiger partial charge in [-0.1, -0.05) is 17.7 Å². The molecule has 2 rings (SSSR count). The first-order chi connectivity index (χ1) is 11.7. The molecule has 8 nitrogen and oxygen atoms in total. The van der Waals surface area contributed by atoms with E-state index < -0.39 is 16.1 Å². The van der Waals surface area contributed by atoms with Crippen LogP contribution in [0.25, 0.3) is 0 Å². The molecule has 0 saturated heterocycles. The molecule has 2 aromatic rings. The smallest absolute Gasteiger partial charge is 0.407 e. The zero-order chi connectivity index (χ0) is 18.6. The van der Waals surface area contributed by atoms with Gasteiger partial charge in [0.25, 0.3) is 10.0 Å². The topological polar surface area (TPSA) is 112 Å². The molecule has 0 aliphatic carbocycles. The molecule has 0 radical (unpaired) electrons. The van der Waals surface area contributed by atoms with Gasteiger partial charge in [0.1, 0.15) is 5.82 Å². The van der Waals surface area contributed by atoms with Gasteiger partial charge in [0.05, 0.1) is 4.90 Å². The van der Waals surface area contributed by atoms with Crippen LogP contribution in [0.1, 0.15) is 18.3 Å². The zero-order valence-electron chi connectivity index (χ0n) is 13.6. The summed E-state index contributed by atoms with van der Waals surface area (Å²) in [6, 6.07) is 4.62. The third-order valence-electron chi connectivity index (χ3n) is 3.45. The van der Waals surface area contributed by atoms with Gasteiger partial charge in [-0.2, -0.15) is 4.37 Å². The molecule has 0 aliphatic heterocycles. The molecule has 0 atom stereocenters. The molecule has 0 saturated carbocycles. The summed E-state index contributed by atoms with van der Waals surface area (Å²) in [5.41, 5.74) is 0.446. The number of carboxylic acid groups (broad SMARTS) is 1. The van der Waals surface area contributed by atoms with E-state index in [0.717, 1.165) is 11.5 Å². The van der Waals surface area contributed by atoms with Crippen molar-refractivity contribution in [2.24, 2.45) is 0 Å². The maximum absolute atomic E-state index is 12.5. The molecule has 1 amide bonds. The first-order valence-corrected chi connectivity index (χ1v) is 9.96. The van der Waals surface area contributed by atoms with Gasteiger partial charge in [-0.25, -0.2) is 18.2 Å². The van der Waals surface area contributed by atoms with Crippen LogP contribution in [0, 0.1) is 6.92 Å². The van der Waals surface area contributed by atoms with E-state index in [1.807, 2.05) is 0 Å². The van der Waals surface area contributed by atoms with E-state index in [4.69, 9.17) is 16.7 Å². The Labute approximate surface area is 154 Å². The van der Waals surface area contributed by atoms with Crippen LogP contribution in [-0.4, -0.2) is 47.0 Å². The van der Waals surface area contributed by atoms with Crippen molar-refractivity contribution in [1.82, 2.24) is 14.3 Å². The fraction of sp³-hybridized carbons (Fsp3) is 0.357. The van der Waals surface area contributed by atoms with Crippen LogP contribution in [0.2, 0.25) is 5.02 Å². The zero-order valence-corrected chi connectivity index (χ0v) is 16.0. The lowest BCUT2D eigenvalue weighted by atomic mass is 10.2. The van der Waals surface area contributed by atoms with E-state index in [-0.39, 0.29) is 16.6 Å². The van der Waals surface area contributed by atoms with Gasteiger partial charge in [-0.05, 0) is 31.5 Å². The Bertz CT molecular complexity index is 869. The van der Waals surface area contributed by atoms with Crippen molar-refractivity contribution in [3.63, 3.8) is 0 Å². The summed E-state index contributed by atoms with van der Waals surface area (Å²) in [7, 11) is -3.83. The van der Waals surface area contributed by atoms with Crippen molar-refractivity contribution in [2.75, 3.05) is 17.8 Å². The number of nitrogens with zero attached hydrogens (tertiary/aromatic N) is 3. The Balaban J connectivity index is 2.10. The summed E-state index contributed by atoms with van der Waals surface area (Å²) in [6.45, 7) is 3.94. The maximum atomic E-state index is 12.5. The van der Waals surface area contributed by atoms with Crippen molar-refractivity contribution < 1.29 is 18.3 Å². The lowest BCUT2D eigenvalue weighted by molar-refractivity contribution is 0.148. The molecule has 0 unspecified atom stereocenters. The summed E-state index contributed by atoms with van der Waals surface area (Å²) in [4.78, 5) is 16.3. The van der Waals surface area contributed by atoms with E-state index in [2.05, 4.69) is 14.1 Å². The van der Waals surface area contributed by atoms with Gasteiger partial charge in [0.2, 0.25) is 5.13 Å². The molecular weight excluding hydrogens is 388 g/mol. The third kappa shape index (κ3) is 4.80. The molecule has 25 heavy (non-hydrogen) atoms. The van der Waals surface area contributed by atoms with Crippen LogP contribution in [0.4, 0.5) is 9.93 Å². The fourth-order valence-corrected chi connectivity index (χ4v) is 4.40. The summed E-state index contributed by atoms with van der Waals surface area (Å²) >= 11 is 6.87. The van der Waals surface area contributed by atoms with Crippen molar-refractivity contribution in [3.8, 4) is 0 Å². The minimum absolute atomic E-state index is 0.0692. The number of anilines is 1. The second-order valence-electron chi connectivity index (χ2n) is 5.10. The van der Waals surface area contributed by atoms with Crippen LogP contribution >= 0.6 is 23.1 Å². The SMILES string of the molecule is CCN(CCc1nsc(NS(=O)(=O)c2cccc(Cl)c2C)n1)C(=O)O. The highest BCUT2D eigenvalue weighted by Gasteiger charge is 2.20. The molecule has 11 heteroatoms. The highest BCUT2D eigenvalue weighted by molar-refractivity contribution is 7.93. The molecule has 2 N–H and O–H groups in total. The fourth-order valence-electron chi connectivity index (χ4n) is 2.07. The van der Waals surface area contributed by atoms with E-state index >= 15 is 0 Å². The number of hydrogen-bond acceptors (Lipinski definition) is 6. The number of nitrogens with one attached hydrogen (secondary N) is 1. The number of amides is 1. The van der Waals surface area contributed by atoms with E-state index in [0.29, 0.717) is 29.4 Å². The first kappa shape index (κ1) is 19.4. The largest absolute Gasteiger partial charge is 0.465 e. The quantitative estimate of drug-likeness (QED) is 0.733. The molecule has 1 aromatic carbocycles. The molecular formula is C14H17ClN4O4S2. The molecule has 1 aromatic heterocycles. The number of aromatic nitrogens is 2. The predicted molar refractivity (Wildman–Crippen MR) is 95.9 cm³/mol. The highest BCUT2D eigenvalue weighted by Crippen LogP contribution is 2.25. The minimum Gasteiger partial charge on any atom is -0.465 e. The lowest BCUT2D eigenvalue weighted by Gasteiger charge is -2.15. The second-order valence-corrected chi connectivity index (χ2v) is 7.91. The lowest BCUT2D eigenvalue weighted by Crippen LogP contribution is -2.31. The van der Waals surface area contributed by atoms with Crippen molar-refractivity contribution in [3.05, 3.63) is 34.6 Å². The Hall–Kier alpha value is -1.91. The van der Waals surface area contributed by atoms with Gasteiger partial charge in [-0.3, -0.25) is 4.72 Å². The van der Waals surface area contributed by atoms with Gasteiger partial charge in [0, 0.05) is 36.1 Å². The molecule has 1 heterocycles.